The smallest absolute Gasteiger partial charge is 0.189 e. The molecule has 0 unspecified atom stereocenters. The van der Waals surface area contributed by atoms with E-state index in [4.69, 9.17) is 0 Å². The SMILES string of the molecule is Cc1nn(-c2ccccc2)c(C)c1C(=O)C=Cc1ccc(-n2cncn2)c(F)c1. The lowest BCUT2D eigenvalue weighted by molar-refractivity contribution is 0.104. The molecule has 0 radical (unpaired) electrons. The van der Waals surface area contributed by atoms with E-state index in [-0.39, 0.29) is 5.78 Å². The molecule has 0 aliphatic carbocycles. The number of rotatable bonds is 5. The first-order chi connectivity index (χ1) is 14.0. The van der Waals surface area contributed by atoms with E-state index in [0.717, 1.165) is 11.4 Å². The Labute approximate surface area is 166 Å². The van der Waals surface area contributed by atoms with Crippen LogP contribution in [0.2, 0.25) is 0 Å². The number of hydrogen-bond acceptors (Lipinski definition) is 4. The number of nitrogens with zero attached hydrogens (tertiary/aromatic N) is 5. The van der Waals surface area contributed by atoms with Gasteiger partial charge in [0.15, 0.2) is 5.78 Å². The number of halogens is 1. The van der Waals surface area contributed by atoms with Crippen molar-refractivity contribution in [2.45, 2.75) is 13.8 Å². The molecule has 144 valence electrons. The highest BCUT2D eigenvalue weighted by atomic mass is 19.1. The van der Waals surface area contributed by atoms with Crippen molar-refractivity contribution in [3.05, 3.63) is 95.6 Å². The first-order valence-corrected chi connectivity index (χ1v) is 9.03. The first kappa shape index (κ1) is 18.5. The highest BCUT2D eigenvalue weighted by molar-refractivity contribution is 6.08. The molecule has 0 amide bonds. The number of allylic oxidation sites excluding steroid dienone is 1. The van der Waals surface area contributed by atoms with Crippen molar-refractivity contribution in [2.24, 2.45) is 0 Å². The summed E-state index contributed by atoms with van der Waals surface area (Å²) in [5, 5.41) is 8.42. The summed E-state index contributed by atoms with van der Waals surface area (Å²) in [6.45, 7) is 3.67. The maximum absolute atomic E-state index is 14.4. The van der Waals surface area contributed by atoms with Crippen molar-refractivity contribution in [1.29, 1.82) is 0 Å². The summed E-state index contributed by atoms with van der Waals surface area (Å²) in [6.07, 6.45) is 5.80. The summed E-state index contributed by atoms with van der Waals surface area (Å²) in [6, 6.07) is 14.3. The van der Waals surface area contributed by atoms with Gasteiger partial charge in [0.1, 0.15) is 24.2 Å². The number of carbonyl (C=O) groups is 1. The topological polar surface area (TPSA) is 65.6 Å². The number of aryl methyl sites for hydroxylation is 1. The van der Waals surface area contributed by atoms with E-state index in [0.29, 0.717) is 22.5 Å². The molecule has 0 spiro atoms. The van der Waals surface area contributed by atoms with Crippen molar-refractivity contribution >= 4 is 11.9 Å². The number of carbonyl (C=O) groups excluding carboxylic acids is 1. The molecule has 0 bridgehead atoms. The van der Waals surface area contributed by atoms with E-state index < -0.39 is 5.82 Å². The zero-order valence-corrected chi connectivity index (χ0v) is 16.0. The Balaban J connectivity index is 1.59. The maximum Gasteiger partial charge on any atom is 0.189 e. The van der Waals surface area contributed by atoms with Gasteiger partial charge in [-0.05, 0) is 49.8 Å². The fourth-order valence-corrected chi connectivity index (χ4v) is 3.22. The van der Waals surface area contributed by atoms with Crippen LogP contribution >= 0.6 is 0 Å². The van der Waals surface area contributed by atoms with E-state index in [1.165, 1.54) is 29.5 Å². The van der Waals surface area contributed by atoms with Crippen LogP contribution in [-0.2, 0) is 0 Å². The van der Waals surface area contributed by atoms with Crippen molar-refractivity contribution in [3.8, 4) is 11.4 Å². The normalized spacial score (nSPS) is 11.3. The third-order valence-electron chi connectivity index (χ3n) is 4.60. The van der Waals surface area contributed by atoms with Crippen LogP contribution in [0.5, 0.6) is 0 Å². The van der Waals surface area contributed by atoms with Crippen LogP contribution in [0.4, 0.5) is 4.39 Å². The van der Waals surface area contributed by atoms with E-state index >= 15 is 0 Å². The van der Waals surface area contributed by atoms with E-state index in [9.17, 15) is 9.18 Å². The number of aromatic nitrogens is 5. The molecule has 2 heterocycles. The number of benzene rings is 2. The van der Waals surface area contributed by atoms with Crippen LogP contribution in [0, 0.1) is 19.7 Å². The summed E-state index contributed by atoms with van der Waals surface area (Å²) in [5.74, 6) is -0.628. The minimum atomic E-state index is -0.450. The zero-order chi connectivity index (χ0) is 20.4. The molecule has 29 heavy (non-hydrogen) atoms. The second-order valence-electron chi connectivity index (χ2n) is 6.54. The molecule has 0 aliphatic heterocycles. The Morgan fingerprint density at radius 1 is 1.10 bits per heavy atom. The Kier molecular flexibility index (Phi) is 4.87. The minimum absolute atomic E-state index is 0.178. The summed E-state index contributed by atoms with van der Waals surface area (Å²) in [4.78, 5) is 16.6. The Morgan fingerprint density at radius 3 is 2.59 bits per heavy atom. The first-order valence-electron chi connectivity index (χ1n) is 9.03. The molecule has 2 aromatic heterocycles. The number of ketones is 1. The Morgan fingerprint density at radius 2 is 1.90 bits per heavy atom. The standard InChI is InChI=1S/C22H18FN5O/c1-15-22(16(2)28(26-15)18-6-4-3-5-7-18)21(29)11-9-17-8-10-20(19(23)12-17)27-14-24-13-25-27/h3-14H,1-2H3. The predicted octanol–water partition coefficient (Wildman–Crippen LogP) is 4.11. The monoisotopic (exact) mass is 387 g/mol. The van der Waals surface area contributed by atoms with E-state index in [1.807, 2.05) is 37.3 Å². The highest BCUT2D eigenvalue weighted by Crippen LogP contribution is 2.20. The molecule has 6 nitrogen and oxygen atoms in total. The highest BCUT2D eigenvalue weighted by Gasteiger charge is 2.17. The van der Waals surface area contributed by atoms with Crippen molar-refractivity contribution in [1.82, 2.24) is 24.5 Å². The van der Waals surface area contributed by atoms with Crippen LogP contribution in [0.3, 0.4) is 0 Å². The number of hydrogen-bond donors (Lipinski definition) is 0. The second-order valence-corrected chi connectivity index (χ2v) is 6.54. The maximum atomic E-state index is 14.4. The summed E-state index contributed by atoms with van der Waals surface area (Å²) in [5.41, 5.74) is 3.71. The molecular weight excluding hydrogens is 369 g/mol. The average molecular weight is 387 g/mol. The quantitative estimate of drug-likeness (QED) is 0.382. The molecule has 0 fully saturated rings. The molecule has 0 atom stereocenters. The fraction of sp³-hybridized carbons (Fsp3) is 0.0909. The lowest BCUT2D eigenvalue weighted by Crippen LogP contribution is -2.01. The average Bonchev–Trinajstić information content (AvgIpc) is 3.35. The van der Waals surface area contributed by atoms with Gasteiger partial charge in [0.25, 0.3) is 0 Å². The van der Waals surface area contributed by atoms with Gasteiger partial charge in [-0.25, -0.2) is 18.7 Å². The molecule has 0 saturated heterocycles. The van der Waals surface area contributed by atoms with E-state index in [2.05, 4.69) is 15.2 Å². The minimum Gasteiger partial charge on any atom is -0.289 e. The van der Waals surface area contributed by atoms with Crippen LogP contribution in [-0.4, -0.2) is 30.3 Å². The molecule has 0 aliphatic rings. The van der Waals surface area contributed by atoms with Gasteiger partial charge < -0.3 is 0 Å². The van der Waals surface area contributed by atoms with Gasteiger partial charge in [0, 0.05) is 0 Å². The summed E-state index contributed by atoms with van der Waals surface area (Å²) in [7, 11) is 0. The van der Waals surface area contributed by atoms with Crippen molar-refractivity contribution in [2.75, 3.05) is 0 Å². The van der Waals surface area contributed by atoms with Gasteiger partial charge in [0.05, 0.1) is 22.6 Å². The molecule has 2 aromatic carbocycles. The van der Waals surface area contributed by atoms with Gasteiger partial charge in [0.2, 0.25) is 0 Å². The van der Waals surface area contributed by atoms with Crippen LogP contribution in [0.15, 0.2) is 67.3 Å². The largest absolute Gasteiger partial charge is 0.289 e. The summed E-state index contributed by atoms with van der Waals surface area (Å²) >= 11 is 0. The van der Waals surface area contributed by atoms with Crippen molar-refractivity contribution < 1.29 is 9.18 Å². The zero-order valence-electron chi connectivity index (χ0n) is 16.0. The molecule has 0 N–H and O–H groups in total. The lowest BCUT2D eigenvalue weighted by Gasteiger charge is -2.04. The van der Waals surface area contributed by atoms with Gasteiger partial charge in [-0.3, -0.25) is 4.79 Å². The van der Waals surface area contributed by atoms with Crippen LogP contribution < -0.4 is 0 Å². The lowest BCUT2D eigenvalue weighted by atomic mass is 10.1. The molecule has 7 heteroatoms. The fourth-order valence-electron chi connectivity index (χ4n) is 3.22. The molecular formula is C22H18FN5O. The van der Waals surface area contributed by atoms with Crippen molar-refractivity contribution in [3.63, 3.8) is 0 Å². The van der Waals surface area contributed by atoms with Crippen LogP contribution in [0.25, 0.3) is 17.5 Å². The molecule has 0 saturated carbocycles. The molecule has 4 rings (SSSR count). The summed E-state index contributed by atoms with van der Waals surface area (Å²) < 4.78 is 17.5. The van der Waals surface area contributed by atoms with Gasteiger partial charge in [-0.2, -0.15) is 10.2 Å². The Bertz CT molecular complexity index is 1190. The number of para-hydroxylation sites is 1. The van der Waals surface area contributed by atoms with Crippen LogP contribution in [0.1, 0.15) is 27.3 Å². The third-order valence-corrected chi connectivity index (χ3v) is 4.60. The predicted molar refractivity (Wildman–Crippen MR) is 108 cm³/mol. The van der Waals surface area contributed by atoms with E-state index in [1.54, 1.807) is 29.8 Å². The molecule has 4 aromatic rings. The second kappa shape index (κ2) is 7.63. The van der Waals surface area contributed by atoms with Gasteiger partial charge in [-0.15, -0.1) is 0 Å². The van der Waals surface area contributed by atoms with Gasteiger partial charge >= 0.3 is 0 Å². The Hall–Kier alpha value is -3.87. The van der Waals surface area contributed by atoms with Gasteiger partial charge in [-0.1, -0.05) is 30.3 Å². The third kappa shape index (κ3) is 3.62.